The third kappa shape index (κ3) is 4.40. The van der Waals surface area contributed by atoms with E-state index >= 15 is 0 Å². The molecule has 10 heteroatoms. The lowest BCUT2D eigenvalue weighted by molar-refractivity contribution is 0.0986. The maximum Gasteiger partial charge on any atom is 0.261 e. The predicted octanol–water partition coefficient (Wildman–Crippen LogP) is 5.12. The van der Waals surface area contributed by atoms with Crippen LogP contribution in [0.5, 0.6) is 0 Å². The molecule has 0 bridgehead atoms. The molecule has 2 aliphatic heterocycles. The van der Waals surface area contributed by atoms with Crippen molar-refractivity contribution in [2.45, 2.75) is 4.90 Å². The number of hydrogen-bond donors (Lipinski definition) is 2. The van der Waals surface area contributed by atoms with Crippen LogP contribution in [0.2, 0.25) is 10.0 Å². The summed E-state index contributed by atoms with van der Waals surface area (Å²) in [5, 5.41) is 17.1. The van der Waals surface area contributed by atoms with Gasteiger partial charge in [-0.2, -0.15) is 5.26 Å². The van der Waals surface area contributed by atoms with Gasteiger partial charge in [-0.15, -0.1) is 11.8 Å². The Morgan fingerprint density at radius 3 is 2.62 bits per heavy atom. The smallest absolute Gasteiger partial charge is 0.261 e. The Kier molecular flexibility index (Phi) is 6.53. The molecule has 1 saturated heterocycles. The highest BCUT2D eigenvalue weighted by Gasteiger charge is 2.29. The van der Waals surface area contributed by atoms with Crippen molar-refractivity contribution in [3.63, 3.8) is 0 Å². The molecule has 7 nitrogen and oxygen atoms in total. The molecule has 3 heterocycles. The number of anilines is 4. The van der Waals surface area contributed by atoms with Crippen LogP contribution in [0.1, 0.15) is 15.9 Å². The summed E-state index contributed by atoms with van der Waals surface area (Å²) in [6.07, 6.45) is 1.56. The molecule has 172 valence electrons. The summed E-state index contributed by atoms with van der Waals surface area (Å²) in [7, 11) is 0. The molecule has 5 rings (SSSR count). The molecule has 1 fully saturated rings. The first-order chi connectivity index (χ1) is 16.5. The Balaban J connectivity index is 1.37. The molecule has 0 spiro atoms. The van der Waals surface area contributed by atoms with Crippen molar-refractivity contribution in [1.29, 1.82) is 5.26 Å². The second-order valence-corrected chi connectivity index (χ2v) is 9.65. The zero-order chi connectivity index (χ0) is 23.7. The van der Waals surface area contributed by atoms with Crippen molar-refractivity contribution in [3.05, 3.63) is 69.8 Å². The number of piperazine rings is 1. The van der Waals surface area contributed by atoms with Crippen molar-refractivity contribution < 1.29 is 4.79 Å². The highest BCUT2D eigenvalue weighted by Crippen LogP contribution is 2.40. The largest absolute Gasteiger partial charge is 0.368 e. The highest BCUT2D eigenvalue weighted by atomic mass is 35.5. The van der Waals surface area contributed by atoms with Crippen molar-refractivity contribution in [2.24, 2.45) is 0 Å². The summed E-state index contributed by atoms with van der Waals surface area (Å²) in [4.78, 5) is 22.2. The molecule has 0 saturated carbocycles. The summed E-state index contributed by atoms with van der Waals surface area (Å²) in [6, 6.07) is 15.1. The van der Waals surface area contributed by atoms with Crippen molar-refractivity contribution in [3.8, 4) is 6.07 Å². The molecule has 1 aromatic heterocycles. The molecule has 2 aliphatic rings. The average molecular weight is 511 g/mol. The van der Waals surface area contributed by atoms with Gasteiger partial charge in [-0.3, -0.25) is 9.69 Å². The van der Waals surface area contributed by atoms with Crippen LogP contribution >= 0.6 is 35.0 Å². The van der Waals surface area contributed by atoms with E-state index in [9.17, 15) is 10.1 Å². The maximum absolute atomic E-state index is 13.2. The summed E-state index contributed by atoms with van der Waals surface area (Å²) in [5.74, 6) is 0.786. The fourth-order valence-electron chi connectivity index (χ4n) is 4.07. The van der Waals surface area contributed by atoms with Gasteiger partial charge < -0.3 is 15.5 Å². The molecular weight excluding hydrogens is 491 g/mol. The monoisotopic (exact) mass is 510 g/mol. The number of fused-ring (bicyclic) bond motifs is 1. The van der Waals surface area contributed by atoms with Crippen LogP contribution in [-0.4, -0.2) is 42.9 Å². The minimum atomic E-state index is -0.199. The molecule has 2 N–H and O–H groups in total. The molecule has 1 amide bonds. The van der Waals surface area contributed by atoms with E-state index in [1.54, 1.807) is 29.3 Å². The minimum absolute atomic E-state index is 0.199. The first-order valence-electron chi connectivity index (χ1n) is 10.7. The first-order valence-corrected chi connectivity index (χ1v) is 12.4. The predicted molar refractivity (Wildman–Crippen MR) is 138 cm³/mol. The lowest BCUT2D eigenvalue weighted by atomic mass is 10.1. The van der Waals surface area contributed by atoms with Crippen molar-refractivity contribution in [2.75, 3.05) is 47.2 Å². The van der Waals surface area contributed by atoms with Gasteiger partial charge in [-0.25, -0.2) is 4.98 Å². The van der Waals surface area contributed by atoms with Crippen LogP contribution in [0.15, 0.2) is 53.6 Å². The summed E-state index contributed by atoms with van der Waals surface area (Å²) < 4.78 is 0. The van der Waals surface area contributed by atoms with E-state index in [1.807, 2.05) is 24.3 Å². The SMILES string of the molecule is N#Cc1cc(Nc2cc3c(cn2)C(=O)N(c2c(Cl)cccc2Cl)CS3)ccc1N1CCNCC1. The number of thioether (sulfide) groups is 1. The molecule has 0 unspecified atom stereocenters. The fraction of sp³-hybridized carbons (Fsp3) is 0.208. The third-order valence-corrected chi connectivity index (χ3v) is 7.39. The molecule has 0 atom stereocenters. The van der Waals surface area contributed by atoms with E-state index < -0.39 is 0 Å². The zero-order valence-corrected chi connectivity index (χ0v) is 20.3. The second-order valence-electron chi connectivity index (χ2n) is 7.85. The number of hydrogen-bond acceptors (Lipinski definition) is 7. The van der Waals surface area contributed by atoms with Gasteiger partial charge in [0.15, 0.2) is 0 Å². The van der Waals surface area contributed by atoms with Gasteiger partial charge in [0.2, 0.25) is 0 Å². The van der Waals surface area contributed by atoms with Crippen molar-refractivity contribution in [1.82, 2.24) is 10.3 Å². The van der Waals surface area contributed by atoms with Crippen LogP contribution in [0.3, 0.4) is 0 Å². The third-order valence-electron chi connectivity index (χ3n) is 5.75. The van der Waals surface area contributed by atoms with E-state index in [0.29, 0.717) is 38.6 Å². The quantitative estimate of drug-likeness (QED) is 0.503. The topological polar surface area (TPSA) is 84.3 Å². The van der Waals surface area contributed by atoms with Gasteiger partial charge in [-0.1, -0.05) is 29.3 Å². The fourth-order valence-corrected chi connectivity index (χ4v) is 5.68. The molecule has 2 aromatic carbocycles. The van der Waals surface area contributed by atoms with Gasteiger partial charge >= 0.3 is 0 Å². The maximum atomic E-state index is 13.2. The number of nitrogens with one attached hydrogen (secondary N) is 2. The van der Waals surface area contributed by atoms with E-state index in [4.69, 9.17) is 23.2 Å². The van der Waals surface area contributed by atoms with E-state index in [1.165, 1.54) is 11.8 Å². The Morgan fingerprint density at radius 1 is 1.12 bits per heavy atom. The van der Waals surface area contributed by atoms with Gasteiger partial charge in [0, 0.05) is 43.0 Å². The average Bonchev–Trinajstić information content (AvgIpc) is 2.85. The van der Waals surface area contributed by atoms with E-state index in [2.05, 4.69) is 26.6 Å². The van der Waals surface area contributed by atoms with Crippen LogP contribution in [0.4, 0.5) is 22.9 Å². The molecule has 34 heavy (non-hydrogen) atoms. The number of benzene rings is 2. The Bertz CT molecular complexity index is 1280. The van der Waals surface area contributed by atoms with Gasteiger partial charge in [0.1, 0.15) is 11.9 Å². The number of pyridine rings is 1. The van der Waals surface area contributed by atoms with Gasteiger partial charge in [-0.05, 0) is 36.4 Å². The van der Waals surface area contributed by atoms with Gasteiger partial charge in [0.25, 0.3) is 5.91 Å². The number of aromatic nitrogens is 1. The summed E-state index contributed by atoms with van der Waals surface area (Å²) in [5.41, 5.74) is 3.31. The number of halogens is 2. The normalized spacial score (nSPS) is 15.6. The van der Waals surface area contributed by atoms with Crippen LogP contribution in [0, 0.1) is 11.3 Å². The van der Waals surface area contributed by atoms with Crippen LogP contribution in [0.25, 0.3) is 0 Å². The lowest BCUT2D eigenvalue weighted by Gasteiger charge is -2.30. The standard InChI is InChI=1S/C24H20Cl2N6OS/c25-18-2-1-3-19(26)23(18)32-14-34-21-11-22(29-13-17(21)24(32)33)30-16-4-5-20(15(10-16)12-27)31-8-6-28-7-9-31/h1-5,10-11,13,28H,6-9,14H2,(H,29,30). The van der Waals surface area contributed by atoms with Gasteiger partial charge in [0.05, 0.1) is 38.4 Å². The number of para-hydroxylation sites is 1. The number of carbonyl (C=O) groups excluding carboxylic acids is 1. The number of nitrogens with zero attached hydrogens (tertiary/aromatic N) is 4. The summed E-state index contributed by atoms with van der Waals surface area (Å²) >= 11 is 14.1. The first kappa shape index (κ1) is 22.8. The number of amides is 1. The van der Waals surface area contributed by atoms with Crippen LogP contribution in [-0.2, 0) is 0 Å². The highest BCUT2D eigenvalue weighted by molar-refractivity contribution is 7.99. The molecular formula is C24H20Cl2N6OS. The number of nitriles is 1. The number of rotatable bonds is 4. The molecule has 0 aliphatic carbocycles. The zero-order valence-electron chi connectivity index (χ0n) is 18.0. The number of carbonyl (C=O) groups is 1. The van der Waals surface area contributed by atoms with E-state index in [0.717, 1.165) is 42.4 Å². The Labute approximate surface area is 211 Å². The molecule has 3 aromatic rings. The summed E-state index contributed by atoms with van der Waals surface area (Å²) in [6.45, 7) is 3.55. The second kappa shape index (κ2) is 9.72. The van der Waals surface area contributed by atoms with Crippen LogP contribution < -0.4 is 20.4 Å². The van der Waals surface area contributed by atoms with E-state index in [-0.39, 0.29) is 5.91 Å². The Morgan fingerprint density at radius 2 is 1.88 bits per heavy atom. The lowest BCUT2D eigenvalue weighted by Crippen LogP contribution is -2.43. The van der Waals surface area contributed by atoms with Crippen molar-refractivity contribution >= 4 is 63.8 Å². The minimum Gasteiger partial charge on any atom is -0.368 e. The Hall–Kier alpha value is -2.96. The molecule has 0 radical (unpaired) electrons.